The summed E-state index contributed by atoms with van der Waals surface area (Å²) in [6, 6.07) is 12.4. The smallest absolute Gasteiger partial charge is 0.319 e. The van der Waals surface area contributed by atoms with E-state index in [0.717, 1.165) is 5.69 Å². The van der Waals surface area contributed by atoms with Gasteiger partial charge in [-0.15, -0.1) is 0 Å². The Morgan fingerprint density at radius 3 is 2.63 bits per heavy atom. The molecule has 1 heterocycles. The standard InChI is InChI=1S/C14H14ClN3O/c15-11-4-6-13(7-5-11)18-14(19)17-10-8-12-3-1-2-9-16-12/h1-7,9H,8,10H2,(H2,17,18,19). The van der Waals surface area contributed by atoms with Gasteiger partial charge in [0.2, 0.25) is 0 Å². The van der Waals surface area contributed by atoms with E-state index in [1.807, 2.05) is 18.2 Å². The number of carbonyl (C=O) groups excluding carboxylic acids is 1. The number of amides is 2. The zero-order chi connectivity index (χ0) is 13.5. The van der Waals surface area contributed by atoms with Gasteiger partial charge in [0.05, 0.1) is 0 Å². The third-order valence-electron chi connectivity index (χ3n) is 2.49. The van der Waals surface area contributed by atoms with Crippen LogP contribution in [0.3, 0.4) is 0 Å². The van der Waals surface area contributed by atoms with Crippen LogP contribution in [0, 0.1) is 0 Å². The van der Waals surface area contributed by atoms with E-state index in [4.69, 9.17) is 11.6 Å². The number of hydrogen-bond acceptors (Lipinski definition) is 2. The van der Waals surface area contributed by atoms with Crippen molar-refractivity contribution in [1.29, 1.82) is 0 Å². The number of nitrogens with zero attached hydrogens (tertiary/aromatic N) is 1. The summed E-state index contributed by atoms with van der Waals surface area (Å²) >= 11 is 5.76. The molecule has 98 valence electrons. The molecule has 0 aliphatic heterocycles. The Morgan fingerprint density at radius 2 is 1.95 bits per heavy atom. The van der Waals surface area contributed by atoms with Gasteiger partial charge >= 0.3 is 6.03 Å². The zero-order valence-electron chi connectivity index (χ0n) is 10.3. The minimum Gasteiger partial charge on any atom is -0.337 e. The van der Waals surface area contributed by atoms with Gasteiger partial charge in [-0.2, -0.15) is 0 Å². The predicted molar refractivity (Wildman–Crippen MR) is 76.4 cm³/mol. The maximum Gasteiger partial charge on any atom is 0.319 e. The molecule has 0 bridgehead atoms. The van der Waals surface area contributed by atoms with E-state index in [9.17, 15) is 4.79 Å². The first-order valence-electron chi connectivity index (χ1n) is 5.94. The Bertz CT molecular complexity index is 528. The lowest BCUT2D eigenvalue weighted by atomic mass is 10.3. The zero-order valence-corrected chi connectivity index (χ0v) is 11.0. The molecule has 5 heteroatoms. The molecule has 0 atom stereocenters. The number of rotatable bonds is 4. The van der Waals surface area contributed by atoms with Crippen LogP contribution < -0.4 is 10.6 Å². The normalized spacial score (nSPS) is 9.95. The number of benzene rings is 1. The Hall–Kier alpha value is -2.07. The summed E-state index contributed by atoms with van der Waals surface area (Å²) in [4.78, 5) is 15.8. The molecule has 0 aliphatic rings. The van der Waals surface area contributed by atoms with Crippen LogP contribution in [0.2, 0.25) is 5.02 Å². The van der Waals surface area contributed by atoms with Crippen LogP contribution in [0.15, 0.2) is 48.7 Å². The molecule has 2 N–H and O–H groups in total. The number of halogens is 1. The van der Waals surface area contributed by atoms with Crippen molar-refractivity contribution in [3.63, 3.8) is 0 Å². The maximum absolute atomic E-state index is 11.6. The molecule has 0 aliphatic carbocycles. The van der Waals surface area contributed by atoms with Crippen molar-refractivity contribution in [3.05, 3.63) is 59.4 Å². The molecule has 0 saturated heterocycles. The molecule has 0 fully saturated rings. The summed E-state index contributed by atoms with van der Waals surface area (Å²) in [5, 5.41) is 6.14. The molecule has 0 saturated carbocycles. The first kappa shape index (κ1) is 13.4. The number of urea groups is 1. The molecule has 2 amide bonds. The lowest BCUT2D eigenvalue weighted by Gasteiger charge is -2.07. The van der Waals surface area contributed by atoms with Crippen LogP contribution in [-0.4, -0.2) is 17.6 Å². The Morgan fingerprint density at radius 1 is 1.16 bits per heavy atom. The molecular weight excluding hydrogens is 262 g/mol. The van der Waals surface area contributed by atoms with E-state index < -0.39 is 0 Å². The van der Waals surface area contributed by atoms with Crippen molar-refractivity contribution in [3.8, 4) is 0 Å². The number of anilines is 1. The Labute approximate surface area is 116 Å². The van der Waals surface area contributed by atoms with Crippen molar-refractivity contribution < 1.29 is 4.79 Å². The fourth-order valence-corrected chi connectivity index (χ4v) is 1.68. The average molecular weight is 276 g/mol. The van der Waals surface area contributed by atoms with E-state index in [-0.39, 0.29) is 6.03 Å². The molecule has 4 nitrogen and oxygen atoms in total. The molecule has 19 heavy (non-hydrogen) atoms. The van der Waals surface area contributed by atoms with Crippen LogP contribution in [0.5, 0.6) is 0 Å². The second-order valence-corrected chi connectivity index (χ2v) is 4.40. The maximum atomic E-state index is 11.6. The lowest BCUT2D eigenvalue weighted by molar-refractivity contribution is 0.252. The first-order chi connectivity index (χ1) is 9.24. The summed E-state index contributed by atoms with van der Waals surface area (Å²) in [6.45, 7) is 0.538. The summed E-state index contributed by atoms with van der Waals surface area (Å²) in [7, 11) is 0. The third kappa shape index (κ3) is 4.60. The van der Waals surface area contributed by atoms with E-state index >= 15 is 0 Å². The summed E-state index contributed by atoms with van der Waals surface area (Å²) in [5.41, 5.74) is 1.66. The van der Waals surface area contributed by atoms with Crippen LogP contribution in [-0.2, 0) is 6.42 Å². The molecule has 2 rings (SSSR count). The topological polar surface area (TPSA) is 54.0 Å². The van der Waals surface area contributed by atoms with Gasteiger partial charge in [-0.05, 0) is 36.4 Å². The monoisotopic (exact) mass is 275 g/mol. The van der Waals surface area contributed by atoms with Crippen LogP contribution in [0.1, 0.15) is 5.69 Å². The van der Waals surface area contributed by atoms with Gasteiger partial charge in [-0.3, -0.25) is 4.98 Å². The van der Waals surface area contributed by atoms with Crippen molar-refractivity contribution in [2.24, 2.45) is 0 Å². The van der Waals surface area contributed by atoms with Gasteiger partial charge in [0, 0.05) is 35.6 Å². The minimum absolute atomic E-state index is 0.238. The largest absolute Gasteiger partial charge is 0.337 e. The second-order valence-electron chi connectivity index (χ2n) is 3.96. The third-order valence-corrected chi connectivity index (χ3v) is 2.75. The molecule has 0 unspecified atom stereocenters. The molecule has 0 spiro atoms. The van der Waals surface area contributed by atoms with Crippen molar-refractivity contribution >= 4 is 23.3 Å². The second kappa shape index (κ2) is 6.75. The molecule has 1 aromatic carbocycles. The lowest BCUT2D eigenvalue weighted by Crippen LogP contribution is -2.30. The summed E-state index contributed by atoms with van der Waals surface area (Å²) in [5.74, 6) is 0. The van der Waals surface area contributed by atoms with Crippen molar-refractivity contribution in [2.75, 3.05) is 11.9 Å². The van der Waals surface area contributed by atoms with Gasteiger partial charge in [-0.25, -0.2) is 4.79 Å². The highest BCUT2D eigenvalue weighted by Gasteiger charge is 2.01. The van der Waals surface area contributed by atoms with Crippen molar-refractivity contribution in [1.82, 2.24) is 10.3 Å². The average Bonchev–Trinajstić information content (AvgIpc) is 2.43. The Kier molecular flexibility index (Phi) is 4.75. The molecule has 2 aromatic rings. The van der Waals surface area contributed by atoms with Gasteiger partial charge in [-0.1, -0.05) is 17.7 Å². The fourth-order valence-electron chi connectivity index (χ4n) is 1.56. The van der Waals surface area contributed by atoms with E-state index in [1.54, 1.807) is 30.5 Å². The van der Waals surface area contributed by atoms with E-state index in [1.165, 1.54) is 0 Å². The van der Waals surface area contributed by atoms with E-state index in [2.05, 4.69) is 15.6 Å². The van der Waals surface area contributed by atoms with Crippen LogP contribution in [0.25, 0.3) is 0 Å². The first-order valence-corrected chi connectivity index (χ1v) is 6.32. The number of pyridine rings is 1. The SMILES string of the molecule is O=C(NCCc1ccccn1)Nc1ccc(Cl)cc1. The highest BCUT2D eigenvalue weighted by atomic mass is 35.5. The number of hydrogen-bond donors (Lipinski definition) is 2. The molecule has 0 radical (unpaired) electrons. The summed E-state index contributed by atoms with van der Waals surface area (Å²) < 4.78 is 0. The summed E-state index contributed by atoms with van der Waals surface area (Å²) in [6.07, 6.45) is 2.44. The number of carbonyl (C=O) groups is 1. The predicted octanol–water partition coefficient (Wildman–Crippen LogP) is 3.10. The minimum atomic E-state index is -0.238. The highest BCUT2D eigenvalue weighted by molar-refractivity contribution is 6.30. The Balaban J connectivity index is 1.74. The molecular formula is C14H14ClN3O. The van der Waals surface area contributed by atoms with Crippen molar-refractivity contribution in [2.45, 2.75) is 6.42 Å². The van der Waals surface area contributed by atoms with E-state index in [0.29, 0.717) is 23.7 Å². The van der Waals surface area contributed by atoms with Crippen LogP contribution in [0.4, 0.5) is 10.5 Å². The number of nitrogens with one attached hydrogen (secondary N) is 2. The quantitative estimate of drug-likeness (QED) is 0.901. The fraction of sp³-hybridized carbons (Fsp3) is 0.143. The number of aromatic nitrogens is 1. The highest BCUT2D eigenvalue weighted by Crippen LogP contribution is 2.12. The molecule has 1 aromatic heterocycles. The van der Waals surface area contributed by atoms with Crippen LogP contribution >= 0.6 is 11.6 Å². The van der Waals surface area contributed by atoms with Gasteiger partial charge < -0.3 is 10.6 Å². The van der Waals surface area contributed by atoms with Gasteiger partial charge in [0.25, 0.3) is 0 Å². The van der Waals surface area contributed by atoms with Gasteiger partial charge in [0.15, 0.2) is 0 Å². The van der Waals surface area contributed by atoms with Gasteiger partial charge in [0.1, 0.15) is 0 Å².